The zero-order valence-corrected chi connectivity index (χ0v) is 14.6. The summed E-state index contributed by atoms with van der Waals surface area (Å²) in [7, 11) is 0. The largest absolute Gasteiger partial charge is 0.357 e. The van der Waals surface area contributed by atoms with Crippen molar-refractivity contribution in [2.75, 3.05) is 30.0 Å². The second-order valence-electron chi connectivity index (χ2n) is 5.69. The van der Waals surface area contributed by atoms with E-state index in [4.69, 9.17) is 23.2 Å². The first-order valence-corrected chi connectivity index (χ1v) is 8.50. The van der Waals surface area contributed by atoms with Gasteiger partial charge in [-0.3, -0.25) is 5.32 Å². The fourth-order valence-corrected chi connectivity index (χ4v) is 3.13. The van der Waals surface area contributed by atoms with Gasteiger partial charge in [0, 0.05) is 24.2 Å². The first kappa shape index (κ1) is 16.3. The van der Waals surface area contributed by atoms with Crippen molar-refractivity contribution >= 4 is 51.3 Å². The lowest BCUT2D eigenvalue weighted by Gasteiger charge is -2.18. The lowest BCUT2D eigenvalue weighted by Crippen LogP contribution is -2.20. The maximum Gasteiger partial charge on any atom is 0.166 e. The van der Waals surface area contributed by atoms with Gasteiger partial charge < -0.3 is 10.2 Å². The van der Waals surface area contributed by atoms with E-state index in [2.05, 4.69) is 25.5 Å². The Balaban J connectivity index is 1.76. The standard InChI is InChI=1S/C17H14Cl2FN5/c18-12-2-4-14(16(20)15(12)19)24-17-11-7-10(25-6-5-21-9-25)1-3-13(11)22-8-23-17/h1-4,7-8,21H,5-6,9H2,(H,22,23,24). The molecule has 1 fully saturated rings. The molecule has 0 saturated carbocycles. The minimum absolute atomic E-state index is 0.117. The van der Waals surface area contributed by atoms with E-state index in [-0.39, 0.29) is 15.7 Å². The van der Waals surface area contributed by atoms with Crippen molar-refractivity contribution in [3.8, 4) is 0 Å². The van der Waals surface area contributed by atoms with Crippen LogP contribution in [-0.4, -0.2) is 29.7 Å². The molecular weight excluding hydrogens is 364 g/mol. The SMILES string of the molecule is Fc1c(Nc2ncnc3ccc(N4CCNC4)cc23)ccc(Cl)c1Cl. The molecule has 1 aliphatic heterocycles. The second kappa shape index (κ2) is 6.63. The molecule has 25 heavy (non-hydrogen) atoms. The van der Waals surface area contributed by atoms with Crippen molar-refractivity contribution in [3.05, 3.63) is 52.5 Å². The molecule has 1 saturated heterocycles. The summed E-state index contributed by atoms with van der Waals surface area (Å²) in [6.07, 6.45) is 1.44. The predicted molar refractivity (Wildman–Crippen MR) is 99.5 cm³/mol. The van der Waals surface area contributed by atoms with E-state index < -0.39 is 5.82 Å². The van der Waals surface area contributed by atoms with Gasteiger partial charge in [-0.15, -0.1) is 0 Å². The zero-order chi connectivity index (χ0) is 17.4. The van der Waals surface area contributed by atoms with Crippen LogP contribution in [0.3, 0.4) is 0 Å². The van der Waals surface area contributed by atoms with Crippen LogP contribution in [0, 0.1) is 5.82 Å². The van der Waals surface area contributed by atoms with Crippen molar-refractivity contribution in [1.29, 1.82) is 0 Å². The molecule has 0 bridgehead atoms. The lowest BCUT2D eigenvalue weighted by atomic mass is 10.2. The Kier molecular flexibility index (Phi) is 4.33. The molecular formula is C17H14Cl2FN5. The molecule has 2 heterocycles. The maximum absolute atomic E-state index is 14.3. The molecule has 5 nitrogen and oxygen atoms in total. The fraction of sp³-hybridized carbons (Fsp3) is 0.176. The van der Waals surface area contributed by atoms with E-state index in [9.17, 15) is 4.39 Å². The Morgan fingerprint density at radius 3 is 2.84 bits per heavy atom. The Morgan fingerprint density at radius 1 is 1.16 bits per heavy atom. The molecule has 0 aliphatic carbocycles. The van der Waals surface area contributed by atoms with Gasteiger partial charge in [-0.2, -0.15) is 0 Å². The number of hydrogen-bond donors (Lipinski definition) is 2. The number of halogens is 3. The molecule has 0 radical (unpaired) electrons. The van der Waals surface area contributed by atoms with Crippen LogP contribution in [0.5, 0.6) is 0 Å². The number of nitrogens with zero attached hydrogens (tertiary/aromatic N) is 3. The number of aromatic nitrogens is 2. The van der Waals surface area contributed by atoms with Gasteiger partial charge >= 0.3 is 0 Å². The third-order valence-corrected chi connectivity index (χ3v) is 4.91. The quantitative estimate of drug-likeness (QED) is 0.670. The monoisotopic (exact) mass is 377 g/mol. The Bertz CT molecular complexity index is 944. The van der Waals surface area contributed by atoms with Gasteiger partial charge in [0.2, 0.25) is 0 Å². The van der Waals surface area contributed by atoms with Crippen LogP contribution >= 0.6 is 23.2 Å². The minimum atomic E-state index is -0.610. The van der Waals surface area contributed by atoms with Gasteiger partial charge in [-0.05, 0) is 30.3 Å². The molecule has 0 amide bonds. The Hall–Kier alpha value is -2.15. The summed E-state index contributed by atoms with van der Waals surface area (Å²) in [5, 5.41) is 7.15. The van der Waals surface area contributed by atoms with Gasteiger partial charge in [0.25, 0.3) is 0 Å². The number of rotatable bonds is 3. The number of benzene rings is 2. The van der Waals surface area contributed by atoms with Crippen LogP contribution < -0.4 is 15.5 Å². The number of hydrogen-bond acceptors (Lipinski definition) is 5. The van der Waals surface area contributed by atoms with E-state index in [1.807, 2.05) is 18.2 Å². The number of nitrogens with one attached hydrogen (secondary N) is 2. The molecule has 128 valence electrons. The number of anilines is 3. The summed E-state index contributed by atoms with van der Waals surface area (Å²) in [5.41, 5.74) is 2.04. The summed E-state index contributed by atoms with van der Waals surface area (Å²) in [6, 6.07) is 9.03. The average molecular weight is 378 g/mol. The highest BCUT2D eigenvalue weighted by Crippen LogP contribution is 2.33. The van der Waals surface area contributed by atoms with Crippen LogP contribution in [0.4, 0.5) is 21.6 Å². The summed E-state index contributed by atoms with van der Waals surface area (Å²) in [5.74, 6) is -0.0999. The molecule has 4 rings (SSSR count). The van der Waals surface area contributed by atoms with Crippen molar-refractivity contribution in [2.24, 2.45) is 0 Å². The highest BCUT2D eigenvalue weighted by molar-refractivity contribution is 6.42. The third kappa shape index (κ3) is 3.08. The molecule has 2 aromatic carbocycles. The highest BCUT2D eigenvalue weighted by Gasteiger charge is 2.15. The van der Waals surface area contributed by atoms with E-state index >= 15 is 0 Å². The summed E-state index contributed by atoms with van der Waals surface area (Å²) in [6.45, 7) is 2.68. The molecule has 8 heteroatoms. The van der Waals surface area contributed by atoms with Gasteiger partial charge in [0.1, 0.15) is 12.1 Å². The summed E-state index contributed by atoms with van der Waals surface area (Å²) in [4.78, 5) is 10.8. The highest BCUT2D eigenvalue weighted by atomic mass is 35.5. The van der Waals surface area contributed by atoms with Crippen molar-refractivity contribution in [2.45, 2.75) is 0 Å². The van der Waals surface area contributed by atoms with Crippen LogP contribution in [0.15, 0.2) is 36.7 Å². The maximum atomic E-state index is 14.3. The average Bonchev–Trinajstić information content (AvgIpc) is 3.17. The molecule has 1 aromatic heterocycles. The molecule has 3 aromatic rings. The van der Waals surface area contributed by atoms with Crippen LogP contribution in [-0.2, 0) is 0 Å². The second-order valence-corrected chi connectivity index (χ2v) is 6.48. The van der Waals surface area contributed by atoms with Crippen molar-refractivity contribution < 1.29 is 4.39 Å². The topological polar surface area (TPSA) is 53.1 Å². The van der Waals surface area contributed by atoms with Gasteiger partial charge in [0.05, 0.1) is 27.9 Å². The third-order valence-electron chi connectivity index (χ3n) is 4.13. The lowest BCUT2D eigenvalue weighted by molar-refractivity contribution is 0.632. The molecule has 0 spiro atoms. The van der Waals surface area contributed by atoms with E-state index in [1.54, 1.807) is 6.07 Å². The predicted octanol–water partition coefficient (Wildman–Crippen LogP) is 4.19. The molecule has 2 N–H and O–H groups in total. The van der Waals surface area contributed by atoms with Gasteiger partial charge in [-0.1, -0.05) is 23.2 Å². The number of fused-ring (bicyclic) bond motifs is 1. The Morgan fingerprint density at radius 2 is 2.04 bits per heavy atom. The van der Waals surface area contributed by atoms with Gasteiger partial charge in [0.15, 0.2) is 5.82 Å². The molecule has 0 atom stereocenters. The first-order chi connectivity index (χ1) is 12.1. The van der Waals surface area contributed by atoms with Crippen LogP contribution in [0.1, 0.15) is 0 Å². The van der Waals surface area contributed by atoms with Gasteiger partial charge in [-0.25, -0.2) is 14.4 Å². The van der Waals surface area contributed by atoms with Crippen LogP contribution in [0.2, 0.25) is 10.0 Å². The van der Waals surface area contributed by atoms with Crippen molar-refractivity contribution in [3.63, 3.8) is 0 Å². The summed E-state index contributed by atoms with van der Waals surface area (Å²) < 4.78 is 14.3. The normalized spacial score (nSPS) is 14.3. The molecule has 0 unspecified atom stereocenters. The van der Waals surface area contributed by atoms with E-state index in [1.165, 1.54) is 12.4 Å². The molecule has 1 aliphatic rings. The van der Waals surface area contributed by atoms with Crippen LogP contribution in [0.25, 0.3) is 10.9 Å². The fourth-order valence-electron chi connectivity index (χ4n) is 2.82. The summed E-state index contributed by atoms with van der Waals surface area (Å²) >= 11 is 11.7. The van der Waals surface area contributed by atoms with E-state index in [0.717, 1.165) is 36.3 Å². The minimum Gasteiger partial charge on any atom is -0.357 e. The first-order valence-electron chi connectivity index (χ1n) is 7.74. The van der Waals surface area contributed by atoms with Crippen molar-refractivity contribution in [1.82, 2.24) is 15.3 Å². The zero-order valence-electron chi connectivity index (χ0n) is 13.1. The van der Waals surface area contributed by atoms with E-state index in [0.29, 0.717) is 5.82 Å². The Labute approximate surface area is 153 Å². The smallest absolute Gasteiger partial charge is 0.166 e.